The van der Waals surface area contributed by atoms with E-state index in [4.69, 9.17) is 4.99 Å². The average Bonchev–Trinajstić information content (AvgIpc) is 3.09. The van der Waals surface area contributed by atoms with Crippen LogP contribution in [0.15, 0.2) is 4.99 Å². The molecular weight excluding hydrogens is 304 g/mol. The first-order valence-corrected chi connectivity index (χ1v) is 9.18. The second-order valence-corrected chi connectivity index (χ2v) is 8.82. The summed E-state index contributed by atoms with van der Waals surface area (Å²) in [5.74, 6) is 1.09. The van der Waals surface area contributed by atoms with Crippen molar-refractivity contribution < 1.29 is 13.2 Å². The number of rotatable bonds is 3. The smallest absolute Gasteiger partial charge is 0.281 e. The number of nitrogens with zero attached hydrogens (tertiary/aromatic N) is 4. The van der Waals surface area contributed by atoms with Gasteiger partial charge in [-0.15, -0.1) is 0 Å². The highest BCUT2D eigenvalue weighted by molar-refractivity contribution is 7.86. The van der Waals surface area contributed by atoms with Crippen LogP contribution in [-0.2, 0) is 15.0 Å². The maximum Gasteiger partial charge on any atom is 0.281 e. The number of amidine groups is 1. The van der Waals surface area contributed by atoms with Gasteiger partial charge in [0.15, 0.2) is 0 Å². The molecule has 1 aliphatic carbocycles. The summed E-state index contributed by atoms with van der Waals surface area (Å²) in [4.78, 5) is 19.2. The molecule has 3 rings (SSSR count). The zero-order chi connectivity index (χ0) is 16.3. The highest BCUT2D eigenvalue weighted by Crippen LogP contribution is 2.50. The lowest BCUT2D eigenvalue weighted by atomic mass is 9.85. The number of carbonyl (C=O) groups is 1. The number of hydrogen-bond acceptors (Lipinski definition) is 4. The molecule has 2 fully saturated rings. The minimum absolute atomic E-state index is 0.00113. The van der Waals surface area contributed by atoms with Crippen molar-refractivity contribution in [2.45, 2.75) is 31.7 Å². The van der Waals surface area contributed by atoms with Crippen molar-refractivity contribution in [3.8, 4) is 0 Å². The van der Waals surface area contributed by atoms with Gasteiger partial charge in [-0.2, -0.15) is 17.0 Å². The van der Waals surface area contributed by atoms with Gasteiger partial charge < -0.3 is 4.90 Å². The van der Waals surface area contributed by atoms with Crippen molar-refractivity contribution >= 4 is 22.0 Å². The predicted molar refractivity (Wildman–Crippen MR) is 83.6 cm³/mol. The standard InChI is InChI=1S/C14H24N4O3S/c1-5-12-15-14(13(19)17(12)4)7-6-10-8-18(9-11(10)14)22(20,21)16(2)3/h10-11H,5-9H2,1-4H3/t10-,11+,14-/m1/s1. The van der Waals surface area contributed by atoms with Crippen molar-refractivity contribution in [2.24, 2.45) is 16.8 Å². The molecule has 1 saturated heterocycles. The van der Waals surface area contributed by atoms with Gasteiger partial charge in [0.25, 0.3) is 16.1 Å². The Bertz CT molecular complexity index is 630. The summed E-state index contributed by atoms with van der Waals surface area (Å²) in [6, 6.07) is 0. The van der Waals surface area contributed by atoms with Crippen LogP contribution in [0.4, 0.5) is 0 Å². The van der Waals surface area contributed by atoms with Crippen LogP contribution in [-0.4, -0.2) is 73.4 Å². The quantitative estimate of drug-likeness (QED) is 0.740. The average molecular weight is 328 g/mol. The fourth-order valence-corrected chi connectivity index (χ4v) is 5.35. The summed E-state index contributed by atoms with van der Waals surface area (Å²) in [6.07, 6.45) is 2.33. The minimum atomic E-state index is -3.42. The summed E-state index contributed by atoms with van der Waals surface area (Å²) >= 11 is 0. The third-order valence-corrected chi connectivity index (χ3v) is 7.29. The number of hydrogen-bond donors (Lipinski definition) is 0. The third kappa shape index (κ3) is 1.97. The number of fused-ring (bicyclic) bond motifs is 2. The van der Waals surface area contributed by atoms with E-state index in [0.717, 1.165) is 25.1 Å². The summed E-state index contributed by atoms with van der Waals surface area (Å²) in [5, 5.41) is 0. The molecule has 0 radical (unpaired) electrons. The van der Waals surface area contributed by atoms with E-state index in [1.165, 1.54) is 8.61 Å². The Kier molecular flexibility index (Phi) is 3.61. The van der Waals surface area contributed by atoms with Crippen LogP contribution in [0.1, 0.15) is 26.2 Å². The zero-order valence-corrected chi connectivity index (χ0v) is 14.4. The van der Waals surface area contributed by atoms with E-state index in [9.17, 15) is 13.2 Å². The van der Waals surface area contributed by atoms with Crippen LogP contribution in [0, 0.1) is 11.8 Å². The van der Waals surface area contributed by atoms with Gasteiger partial charge >= 0.3 is 0 Å². The minimum Gasteiger partial charge on any atom is -0.302 e. The molecule has 7 nitrogen and oxygen atoms in total. The van der Waals surface area contributed by atoms with Crippen LogP contribution in [0.25, 0.3) is 0 Å². The molecule has 0 unspecified atom stereocenters. The van der Waals surface area contributed by atoms with E-state index < -0.39 is 15.7 Å². The molecule has 1 saturated carbocycles. The van der Waals surface area contributed by atoms with Gasteiger partial charge in [0.05, 0.1) is 0 Å². The lowest BCUT2D eigenvalue weighted by Crippen LogP contribution is -2.46. The highest BCUT2D eigenvalue weighted by Gasteiger charge is 2.61. The Morgan fingerprint density at radius 3 is 2.59 bits per heavy atom. The van der Waals surface area contributed by atoms with Gasteiger partial charge in [-0.25, -0.2) is 0 Å². The molecule has 2 aliphatic heterocycles. The van der Waals surface area contributed by atoms with Crippen molar-refractivity contribution in [1.82, 2.24) is 13.5 Å². The topological polar surface area (TPSA) is 73.3 Å². The molecule has 124 valence electrons. The number of likely N-dealkylation sites (N-methyl/N-ethyl adjacent to an activating group) is 1. The Morgan fingerprint density at radius 2 is 2.05 bits per heavy atom. The van der Waals surface area contributed by atoms with Gasteiger partial charge in [-0.3, -0.25) is 9.79 Å². The van der Waals surface area contributed by atoms with Crippen molar-refractivity contribution in [1.29, 1.82) is 0 Å². The number of carbonyl (C=O) groups excluding carboxylic acids is 1. The zero-order valence-electron chi connectivity index (χ0n) is 13.6. The highest BCUT2D eigenvalue weighted by atomic mass is 32.2. The van der Waals surface area contributed by atoms with Crippen LogP contribution in [0.3, 0.4) is 0 Å². The van der Waals surface area contributed by atoms with Crippen LogP contribution in [0.2, 0.25) is 0 Å². The molecule has 1 spiro atoms. The Balaban J connectivity index is 1.91. The second kappa shape index (κ2) is 5.01. The molecule has 22 heavy (non-hydrogen) atoms. The van der Waals surface area contributed by atoms with Crippen molar-refractivity contribution in [3.05, 3.63) is 0 Å². The fraction of sp³-hybridized carbons (Fsp3) is 0.857. The molecule has 3 atom stereocenters. The normalized spacial score (nSPS) is 35.8. The van der Waals surface area contributed by atoms with Gasteiger partial charge in [0.2, 0.25) is 0 Å². The molecule has 0 aromatic carbocycles. The monoisotopic (exact) mass is 328 g/mol. The van der Waals surface area contributed by atoms with Crippen LogP contribution >= 0.6 is 0 Å². The number of amides is 1. The molecule has 1 amide bonds. The molecule has 8 heteroatoms. The third-order valence-electron chi connectivity index (χ3n) is 5.41. The summed E-state index contributed by atoms with van der Waals surface area (Å²) in [7, 11) is 1.44. The molecule has 0 N–H and O–H groups in total. The van der Waals surface area contributed by atoms with Gasteiger partial charge in [-0.1, -0.05) is 6.92 Å². The lowest BCUT2D eigenvalue weighted by molar-refractivity contribution is -0.131. The van der Waals surface area contributed by atoms with E-state index in [0.29, 0.717) is 13.1 Å². The summed E-state index contributed by atoms with van der Waals surface area (Å²) < 4.78 is 27.5. The van der Waals surface area contributed by atoms with E-state index in [-0.39, 0.29) is 17.7 Å². The SMILES string of the molecule is CCC1=N[C@@]2(CC[C@@H]3CN(S(=O)(=O)N(C)C)C[C@@H]32)C(=O)N1C. The Hall–Kier alpha value is -0.990. The number of aliphatic imine (C=N–C) groups is 1. The first-order chi connectivity index (χ1) is 10.2. The first-order valence-electron chi connectivity index (χ1n) is 7.78. The van der Waals surface area contributed by atoms with Crippen molar-refractivity contribution in [3.63, 3.8) is 0 Å². The van der Waals surface area contributed by atoms with Gasteiger partial charge in [-0.05, 0) is 18.8 Å². The van der Waals surface area contributed by atoms with E-state index in [1.807, 2.05) is 6.92 Å². The van der Waals surface area contributed by atoms with Gasteiger partial charge in [0, 0.05) is 46.6 Å². The van der Waals surface area contributed by atoms with E-state index in [2.05, 4.69) is 0 Å². The molecule has 0 aromatic rings. The van der Waals surface area contributed by atoms with E-state index in [1.54, 1.807) is 26.0 Å². The molecule has 2 heterocycles. The van der Waals surface area contributed by atoms with Crippen LogP contribution < -0.4 is 0 Å². The molecule has 0 bridgehead atoms. The maximum absolute atomic E-state index is 12.8. The first kappa shape index (κ1) is 15.9. The molecule has 0 aromatic heterocycles. The summed E-state index contributed by atoms with van der Waals surface area (Å²) in [6.45, 7) is 2.89. The van der Waals surface area contributed by atoms with E-state index >= 15 is 0 Å². The van der Waals surface area contributed by atoms with Gasteiger partial charge in [0.1, 0.15) is 11.4 Å². The maximum atomic E-state index is 12.8. The second-order valence-electron chi connectivity index (χ2n) is 6.68. The van der Waals surface area contributed by atoms with Crippen molar-refractivity contribution in [2.75, 3.05) is 34.2 Å². The fourth-order valence-electron chi connectivity index (χ4n) is 4.16. The Morgan fingerprint density at radius 1 is 1.36 bits per heavy atom. The lowest BCUT2D eigenvalue weighted by Gasteiger charge is -2.27. The summed E-state index contributed by atoms with van der Waals surface area (Å²) in [5.41, 5.74) is -0.721. The van der Waals surface area contributed by atoms with Crippen LogP contribution in [0.5, 0.6) is 0 Å². The predicted octanol–water partition coefficient (Wildman–Crippen LogP) is 0.154. The molecular formula is C14H24N4O3S. The largest absolute Gasteiger partial charge is 0.302 e. The molecule has 3 aliphatic rings. The Labute approximate surface area is 132 Å².